The number of oxime groups is 1. The van der Waals surface area contributed by atoms with Crippen LogP contribution in [0.25, 0.3) is 5.69 Å². The number of esters is 1. The Morgan fingerprint density at radius 3 is 2.52 bits per heavy atom. The molecule has 1 heterocycles. The van der Waals surface area contributed by atoms with E-state index in [1.807, 2.05) is 0 Å². The molecule has 0 saturated carbocycles. The topological polar surface area (TPSA) is 155 Å². The van der Waals surface area contributed by atoms with E-state index in [2.05, 4.69) is 10.3 Å². The molecule has 0 radical (unpaired) electrons. The molecule has 2 aromatic rings. The first-order chi connectivity index (χ1) is 11.9. The van der Waals surface area contributed by atoms with Gasteiger partial charge in [-0.25, -0.2) is 4.79 Å². The Bertz CT molecular complexity index is 873. The number of methoxy groups -OCH3 is 1. The lowest BCUT2D eigenvalue weighted by atomic mass is 10.2. The number of carbonyl (C=O) groups is 1. The van der Waals surface area contributed by atoms with E-state index in [-0.39, 0.29) is 23.6 Å². The third-order valence-electron chi connectivity index (χ3n) is 3.28. The van der Waals surface area contributed by atoms with Crippen LogP contribution in [0.1, 0.15) is 23.0 Å². The molecule has 0 amide bonds. The van der Waals surface area contributed by atoms with Gasteiger partial charge in [-0.05, 0) is 31.2 Å². The number of benzene rings is 1. The summed E-state index contributed by atoms with van der Waals surface area (Å²) in [4.78, 5) is 24.7. The van der Waals surface area contributed by atoms with Gasteiger partial charge in [0.1, 0.15) is 11.3 Å². The molecule has 0 bridgehead atoms. The van der Waals surface area contributed by atoms with Crippen molar-refractivity contribution in [3.63, 3.8) is 0 Å². The first kappa shape index (κ1) is 17.8. The summed E-state index contributed by atoms with van der Waals surface area (Å²) >= 11 is 0. The molecule has 0 aliphatic heterocycles. The first-order valence-electron chi connectivity index (χ1n) is 7.16. The molecule has 0 aliphatic rings. The fourth-order valence-electron chi connectivity index (χ4n) is 2.08. The van der Waals surface area contributed by atoms with E-state index in [4.69, 9.17) is 26.1 Å². The smallest absolute Gasteiger partial charge is 0.360 e. The van der Waals surface area contributed by atoms with Crippen molar-refractivity contribution in [2.75, 3.05) is 19.5 Å². The number of amidine groups is 1. The predicted molar refractivity (Wildman–Crippen MR) is 89.3 cm³/mol. The fraction of sp³-hybridized carbons (Fsp3) is 0.200. The summed E-state index contributed by atoms with van der Waals surface area (Å²) in [5.74, 6) is -0.818. The Morgan fingerprint density at radius 2 is 2.00 bits per heavy atom. The maximum Gasteiger partial charge on any atom is 0.360 e. The molecule has 2 rings (SSSR count). The van der Waals surface area contributed by atoms with Gasteiger partial charge in [0.15, 0.2) is 11.5 Å². The number of rotatable bonds is 5. The van der Waals surface area contributed by atoms with Gasteiger partial charge in [0.25, 0.3) is 5.56 Å². The summed E-state index contributed by atoms with van der Waals surface area (Å²) in [7, 11) is 1.50. The minimum atomic E-state index is -0.839. The summed E-state index contributed by atoms with van der Waals surface area (Å²) in [6, 6.07) is 6.31. The van der Waals surface area contributed by atoms with Crippen LogP contribution in [-0.4, -0.2) is 40.5 Å². The molecule has 10 heteroatoms. The number of nitrogens with two attached hydrogens (primary N) is 2. The third-order valence-corrected chi connectivity index (χ3v) is 3.28. The van der Waals surface area contributed by atoms with Gasteiger partial charge >= 0.3 is 5.97 Å². The molecule has 10 nitrogen and oxygen atoms in total. The van der Waals surface area contributed by atoms with Crippen LogP contribution in [0.15, 0.2) is 34.2 Å². The normalized spacial score (nSPS) is 11.2. The van der Waals surface area contributed by atoms with E-state index < -0.39 is 17.4 Å². The van der Waals surface area contributed by atoms with Gasteiger partial charge in [-0.15, -0.1) is 0 Å². The number of aromatic nitrogens is 2. The lowest BCUT2D eigenvalue weighted by molar-refractivity contribution is 0.0518. The number of ether oxygens (including phenoxy) is 2. The lowest BCUT2D eigenvalue weighted by Gasteiger charge is -2.13. The Kier molecular flexibility index (Phi) is 5.22. The Hall–Kier alpha value is -3.56. The summed E-state index contributed by atoms with van der Waals surface area (Å²) in [5.41, 5.74) is 9.92. The second kappa shape index (κ2) is 7.34. The van der Waals surface area contributed by atoms with Gasteiger partial charge in [0.05, 0.1) is 25.1 Å². The Morgan fingerprint density at radius 1 is 1.36 bits per heavy atom. The summed E-state index contributed by atoms with van der Waals surface area (Å²) in [6.45, 7) is 1.69. The van der Waals surface area contributed by atoms with Crippen LogP contribution in [0.3, 0.4) is 0 Å². The zero-order valence-electron chi connectivity index (χ0n) is 13.6. The monoisotopic (exact) mass is 347 g/mol. The van der Waals surface area contributed by atoms with Gasteiger partial charge in [-0.1, -0.05) is 5.16 Å². The van der Waals surface area contributed by atoms with Gasteiger partial charge in [0.2, 0.25) is 0 Å². The molecule has 0 aliphatic carbocycles. The highest BCUT2D eigenvalue weighted by atomic mass is 16.5. The molecule has 5 N–H and O–H groups in total. The van der Waals surface area contributed by atoms with Gasteiger partial charge < -0.3 is 26.1 Å². The highest BCUT2D eigenvalue weighted by molar-refractivity contribution is 6.05. The highest BCUT2D eigenvalue weighted by Crippen LogP contribution is 2.17. The minimum Gasteiger partial charge on any atom is -0.497 e. The third kappa shape index (κ3) is 3.37. The van der Waals surface area contributed by atoms with Crippen LogP contribution in [0.2, 0.25) is 0 Å². The molecule has 0 saturated heterocycles. The standard InChI is InChI=1S/C15H17N5O5/c1-3-25-15(22)12-11(16)10(13(17)19-23)14(21)20(18-12)8-4-6-9(24-2)7-5-8/h4-7,23H,3,16H2,1-2H3,(H2,17,19). The van der Waals surface area contributed by atoms with Crippen LogP contribution in [-0.2, 0) is 4.74 Å². The molecule has 0 atom stereocenters. The number of nitrogen functional groups attached to an aromatic ring is 1. The van der Waals surface area contributed by atoms with E-state index in [0.717, 1.165) is 4.68 Å². The SMILES string of the molecule is CCOC(=O)c1nn(-c2ccc(OC)cc2)c(=O)c(/C(N)=N\O)c1N. The molecular weight excluding hydrogens is 330 g/mol. The van der Waals surface area contributed by atoms with Crippen LogP contribution >= 0.6 is 0 Å². The largest absolute Gasteiger partial charge is 0.497 e. The molecule has 0 spiro atoms. The van der Waals surface area contributed by atoms with E-state index in [9.17, 15) is 9.59 Å². The summed E-state index contributed by atoms with van der Waals surface area (Å²) < 4.78 is 10.9. The highest BCUT2D eigenvalue weighted by Gasteiger charge is 2.24. The summed E-state index contributed by atoms with van der Waals surface area (Å²) in [6.07, 6.45) is 0. The van der Waals surface area contributed by atoms with Crippen molar-refractivity contribution >= 4 is 17.5 Å². The molecule has 0 unspecified atom stereocenters. The molecule has 1 aromatic heterocycles. The van der Waals surface area contributed by atoms with Gasteiger partial charge in [-0.3, -0.25) is 4.79 Å². The quantitative estimate of drug-likeness (QED) is 0.226. The van der Waals surface area contributed by atoms with Crippen molar-refractivity contribution in [3.8, 4) is 11.4 Å². The van der Waals surface area contributed by atoms with E-state index in [0.29, 0.717) is 11.4 Å². The predicted octanol–water partition coefficient (Wildman–Crippen LogP) is 0.0945. The van der Waals surface area contributed by atoms with Crippen molar-refractivity contribution in [2.24, 2.45) is 10.9 Å². The molecular formula is C15H17N5O5. The van der Waals surface area contributed by atoms with E-state index >= 15 is 0 Å². The zero-order valence-corrected chi connectivity index (χ0v) is 13.6. The number of nitrogens with zero attached hydrogens (tertiary/aromatic N) is 3. The number of anilines is 1. The molecule has 1 aromatic carbocycles. The molecule has 0 fully saturated rings. The first-order valence-corrected chi connectivity index (χ1v) is 7.16. The van der Waals surface area contributed by atoms with Crippen LogP contribution in [0.5, 0.6) is 5.75 Å². The summed E-state index contributed by atoms with van der Waals surface area (Å²) in [5, 5.41) is 15.7. The van der Waals surface area contributed by atoms with Crippen LogP contribution in [0.4, 0.5) is 5.69 Å². The number of hydrogen-bond donors (Lipinski definition) is 3. The Balaban J connectivity index is 2.76. The van der Waals surface area contributed by atoms with Crippen molar-refractivity contribution in [1.29, 1.82) is 0 Å². The average molecular weight is 347 g/mol. The second-order valence-electron chi connectivity index (χ2n) is 4.76. The van der Waals surface area contributed by atoms with Crippen LogP contribution in [0, 0.1) is 0 Å². The lowest BCUT2D eigenvalue weighted by Crippen LogP contribution is -2.35. The molecule has 25 heavy (non-hydrogen) atoms. The van der Waals surface area contributed by atoms with Crippen molar-refractivity contribution in [3.05, 3.63) is 45.9 Å². The maximum atomic E-state index is 12.6. The van der Waals surface area contributed by atoms with Crippen molar-refractivity contribution in [1.82, 2.24) is 9.78 Å². The zero-order chi connectivity index (χ0) is 18.6. The van der Waals surface area contributed by atoms with Gasteiger partial charge in [0, 0.05) is 0 Å². The molecule has 132 valence electrons. The average Bonchev–Trinajstić information content (AvgIpc) is 2.62. The number of carbonyl (C=O) groups excluding carboxylic acids is 1. The Labute approximate surface area is 142 Å². The maximum absolute atomic E-state index is 12.6. The number of hydrogen-bond acceptors (Lipinski definition) is 8. The van der Waals surface area contributed by atoms with Crippen molar-refractivity contribution in [2.45, 2.75) is 6.92 Å². The van der Waals surface area contributed by atoms with Gasteiger partial charge in [-0.2, -0.15) is 9.78 Å². The van der Waals surface area contributed by atoms with Crippen molar-refractivity contribution < 1.29 is 19.5 Å². The van der Waals surface area contributed by atoms with Crippen LogP contribution < -0.4 is 21.8 Å². The van der Waals surface area contributed by atoms with E-state index in [1.54, 1.807) is 31.2 Å². The second-order valence-corrected chi connectivity index (χ2v) is 4.76. The fourth-order valence-corrected chi connectivity index (χ4v) is 2.08. The minimum absolute atomic E-state index is 0.0838. The van der Waals surface area contributed by atoms with E-state index in [1.165, 1.54) is 7.11 Å².